The van der Waals surface area contributed by atoms with Crippen LogP contribution in [0.15, 0.2) is 10.8 Å². The van der Waals surface area contributed by atoms with E-state index >= 15 is 0 Å². The molecule has 2 saturated heterocycles. The first kappa shape index (κ1) is 15.7. The van der Waals surface area contributed by atoms with Crippen LogP contribution in [0.1, 0.15) is 67.6 Å². The largest absolute Gasteiger partial charge is 0.447 e. The molecule has 1 aliphatic carbocycles. The number of carbonyl (C=O) groups is 2. The second-order valence-corrected chi connectivity index (χ2v) is 7.33. The van der Waals surface area contributed by atoms with Gasteiger partial charge in [0.05, 0.1) is 0 Å². The summed E-state index contributed by atoms with van der Waals surface area (Å²) in [5, 5.41) is 0. The summed E-state index contributed by atoms with van der Waals surface area (Å²) in [6, 6.07) is 0.301. The van der Waals surface area contributed by atoms with Crippen molar-refractivity contribution in [1.82, 2.24) is 14.8 Å². The fourth-order valence-electron chi connectivity index (χ4n) is 4.27. The molecule has 4 rings (SSSR count). The number of oxazole rings is 1. The highest BCUT2D eigenvalue weighted by atomic mass is 16.3. The summed E-state index contributed by atoms with van der Waals surface area (Å²) in [5.41, 5.74) is 0.508. The molecule has 2 aliphatic heterocycles. The van der Waals surface area contributed by atoms with Crippen molar-refractivity contribution in [3.63, 3.8) is 0 Å². The summed E-state index contributed by atoms with van der Waals surface area (Å²) < 4.78 is 5.46. The molecule has 0 bridgehead atoms. The number of rotatable bonds is 4. The van der Waals surface area contributed by atoms with Crippen LogP contribution in [0.4, 0.5) is 0 Å². The van der Waals surface area contributed by atoms with Crippen LogP contribution in [0, 0.1) is 5.92 Å². The summed E-state index contributed by atoms with van der Waals surface area (Å²) in [7, 11) is 0. The second kappa shape index (κ2) is 6.22. The van der Waals surface area contributed by atoms with E-state index in [-0.39, 0.29) is 11.8 Å². The summed E-state index contributed by atoms with van der Waals surface area (Å²) >= 11 is 0. The molecule has 6 heteroatoms. The highest BCUT2D eigenvalue weighted by Gasteiger charge is 2.41. The molecule has 2 amide bonds. The quantitative estimate of drug-likeness (QED) is 0.850. The van der Waals surface area contributed by atoms with Gasteiger partial charge in [0.25, 0.3) is 5.91 Å². The van der Waals surface area contributed by atoms with Crippen LogP contribution in [0.25, 0.3) is 0 Å². The highest BCUT2D eigenvalue weighted by Crippen LogP contribution is 2.42. The minimum absolute atomic E-state index is 0.00282. The van der Waals surface area contributed by atoms with E-state index in [1.54, 1.807) is 0 Å². The number of aromatic nitrogens is 1. The zero-order valence-corrected chi connectivity index (χ0v) is 14.2. The zero-order valence-electron chi connectivity index (χ0n) is 14.2. The first-order valence-electron chi connectivity index (χ1n) is 9.21. The molecular formula is C18H25N3O3. The Kier molecular flexibility index (Phi) is 4.06. The molecule has 6 nitrogen and oxygen atoms in total. The van der Waals surface area contributed by atoms with Crippen molar-refractivity contribution in [2.45, 2.75) is 57.4 Å². The molecule has 0 radical (unpaired) electrons. The third-order valence-electron chi connectivity index (χ3n) is 5.64. The van der Waals surface area contributed by atoms with E-state index < -0.39 is 0 Å². The number of hydrogen-bond acceptors (Lipinski definition) is 4. The number of nitrogens with zero attached hydrogens (tertiary/aromatic N) is 3. The van der Waals surface area contributed by atoms with Crippen LogP contribution in [0.3, 0.4) is 0 Å². The van der Waals surface area contributed by atoms with Crippen LogP contribution < -0.4 is 0 Å². The van der Waals surface area contributed by atoms with Gasteiger partial charge in [0.15, 0.2) is 12.1 Å². The van der Waals surface area contributed by atoms with Gasteiger partial charge in [0.2, 0.25) is 5.91 Å². The van der Waals surface area contributed by atoms with Crippen LogP contribution in [-0.2, 0) is 4.79 Å². The monoisotopic (exact) mass is 331 g/mol. The van der Waals surface area contributed by atoms with Crippen molar-refractivity contribution < 1.29 is 14.0 Å². The van der Waals surface area contributed by atoms with E-state index in [1.807, 2.05) is 4.90 Å². The van der Waals surface area contributed by atoms with Crippen molar-refractivity contribution in [1.29, 1.82) is 0 Å². The predicted octanol–water partition coefficient (Wildman–Crippen LogP) is 2.42. The van der Waals surface area contributed by atoms with Gasteiger partial charge in [-0.05, 0) is 38.0 Å². The maximum absolute atomic E-state index is 12.9. The molecule has 0 spiro atoms. The molecule has 3 fully saturated rings. The zero-order chi connectivity index (χ0) is 16.7. The molecule has 3 aliphatic rings. The van der Waals surface area contributed by atoms with Gasteiger partial charge in [-0.25, -0.2) is 4.98 Å². The highest BCUT2D eigenvalue weighted by molar-refractivity contribution is 5.93. The third-order valence-corrected chi connectivity index (χ3v) is 5.64. The Labute approximate surface area is 142 Å². The van der Waals surface area contributed by atoms with Crippen molar-refractivity contribution in [3.8, 4) is 0 Å². The van der Waals surface area contributed by atoms with Crippen LogP contribution in [0.5, 0.6) is 0 Å². The van der Waals surface area contributed by atoms with Crippen LogP contribution >= 0.6 is 0 Å². The number of likely N-dealkylation sites (tertiary alicyclic amines) is 2. The van der Waals surface area contributed by atoms with Gasteiger partial charge in [0, 0.05) is 38.0 Å². The lowest BCUT2D eigenvalue weighted by Crippen LogP contribution is -2.57. The smallest absolute Gasteiger partial charge is 0.276 e. The van der Waals surface area contributed by atoms with Crippen molar-refractivity contribution in [3.05, 3.63) is 17.8 Å². The van der Waals surface area contributed by atoms with Crippen molar-refractivity contribution >= 4 is 11.8 Å². The fourth-order valence-corrected chi connectivity index (χ4v) is 4.27. The Hall–Kier alpha value is -1.85. The van der Waals surface area contributed by atoms with Gasteiger partial charge in [-0.15, -0.1) is 0 Å². The predicted molar refractivity (Wildman–Crippen MR) is 87.5 cm³/mol. The minimum Gasteiger partial charge on any atom is -0.447 e. The Morgan fingerprint density at radius 1 is 1.33 bits per heavy atom. The lowest BCUT2D eigenvalue weighted by molar-refractivity contribution is -0.140. The number of amides is 2. The number of hydrogen-bond donors (Lipinski definition) is 0. The molecule has 0 aromatic carbocycles. The first-order chi connectivity index (χ1) is 11.7. The van der Waals surface area contributed by atoms with Gasteiger partial charge in [-0.2, -0.15) is 0 Å². The lowest BCUT2D eigenvalue weighted by atomic mass is 9.83. The van der Waals surface area contributed by atoms with Gasteiger partial charge < -0.3 is 14.2 Å². The normalized spacial score (nSPS) is 27.3. The molecule has 0 N–H and O–H groups in total. The van der Waals surface area contributed by atoms with Crippen molar-refractivity contribution in [2.24, 2.45) is 5.92 Å². The molecule has 0 unspecified atom stereocenters. The van der Waals surface area contributed by atoms with Gasteiger partial charge >= 0.3 is 0 Å². The second-order valence-electron chi connectivity index (χ2n) is 7.33. The molecule has 1 aromatic heterocycles. The first-order valence-corrected chi connectivity index (χ1v) is 9.21. The Morgan fingerprint density at radius 2 is 2.17 bits per heavy atom. The molecule has 1 aromatic rings. The average Bonchev–Trinajstić information content (AvgIpc) is 3.33. The van der Waals surface area contributed by atoms with E-state index in [2.05, 4.69) is 16.8 Å². The van der Waals surface area contributed by atoms with Gasteiger partial charge in [-0.1, -0.05) is 6.92 Å². The minimum atomic E-state index is 0.00282. The van der Waals surface area contributed by atoms with E-state index in [1.165, 1.54) is 6.39 Å². The molecule has 24 heavy (non-hydrogen) atoms. The van der Waals surface area contributed by atoms with Crippen molar-refractivity contribution in [2.75, 3.05) is 19.6 Å². The summed E-state index contributed by atoms with van der Waals surface area (Å²) in [6.07, 6.45) is 6.95. The maximum atomic E-state index is 12.9. The number of carbonyl (C=O) groups excluding carboxylic acids is 2. The molecule has 2 atom stereocenters. The molecular weight excluding hydrogens is 306 g/mol. The Balaban J connectivity index is 1.47. The average molecular weight is 331 g/mol. The summed E-state index contributed by atoms with van der Waals surface area (Å²) in [4.78, 5) is 33.2. The number of fused-ring (bicyclic) bond motifs is 1. The number of piperidine rings is 2. The molecule has 130 valence electrons. The maximum Gasteiger partial charge on any atom is 0.276 e. The third kappa shape index (κ3) is 2.72. The van der Waals surface area contributed by atoms with E-state index in [4.69, 9.17) is 4.42 Å². The molecule has 3 heterocycles. The molecule has 1 saturated carbocycles. The van der Waals surface area contributed by atoms with Crippen LogP contribution in [-0.4, -0.2) is 52.3 Å². The summed E-state index contributed by atoms with van der Waals surface area (Å²) in [5.74, 6) is 1.83. The van der Waals surface area contributed by atoms with E-state index in [0.29, 0.717) is 36.5 Å². The Bertz CT molecular complexity index is 637. The SMILES string of the molecule is CCCN1C(=O)CC[C@H]2CN(C(=O)c3ncoc3C3CC3)CC[C@H]21. The fraction of sp³-hybridized carbons (Fsp3) is 0.722. The van der Waals surface area contributed by atoms with E-state index in [0.717, 1.165) is 51.0 Å². The van der Waals surface area contributed by atoms with E-state index in [9.17, 15) is 9.59 Å². The van der Waals surface area contributed by atoms with Crippen LogP contribution in [0.2, 0.25) is 0 Å². The van der Waals surface area contributed by atoms with Gasteiger partial charge in [-0.3, -0.25) is 9.59 Å². The summed E-state index contributed by atoms with van der Waals surface area (Å²) in [6.45, 7) is 4.38. The Morgan fingerprint density at radius 3 is 2.92 bits per heavy atom. The standard InChI is InChI=1S/C18H25N3O3/c1-2-8-21-14-7-9-20(10-13(14)5-6-15(21)22)18(23)16-17(12-3-4-12)24-11-19-16/h11-14H,2-10H2,1H3/t13-,14+/m0/s1. The van der Waals surface area contributed by atoms with Gasteiger partial charge in [0.1, 0.15) is 5.76 Å². The topological polar surface area (TPSA) is 66.7 Å². The lowest BCUT2D eigenvalue weighted by Gasteiger charge is -2.47.